The fraction of sp³-hybridized carbons (Fsp3) is 0.167. The second kappa shape index (κ2) is 8.97. The SMILES string of the molecule is Cc1ccccc1CNC(=O)COC(=O)c1cc(-c2ccc(F)cc2)nc2onc(C)c12. The van der Waals surface area contributed by atoms with Gasteiger partial charge in [0.2, 0.25) is 0 Å². The van der Waals surface area contributed by atoms with Crippen LogP contribution in [0.4, 0.5) is 4.39 Å². The molecule has 0 aliphatic carbocycles. The van der Waals surface area contributed by atoms with Crippen molar-refractivity contribution in [3.63, 3.8) is 0 Å². The number of aryl methyl sites for hydroxylation is 2. The first-order valence-corrected chi connectivity index (χ1v) is 9.93. The zero-order chi connectivity index (χ0) is 22.7. The summed E-state index contributed by atoms with van der Waals surface area (Å²) in [7, 11) is 0. The molecule has 162 valence electrons. The van der Waals surface area contributed by atoms with Crippen LogP contribution in [0.15, 0.2) is 59.1 Å². The van der Waals surface area contributed by atoms with Gasteiger partial charge in [-0.05, 0) is 55.3 Å². The lowest BCUT2D eigenvalue weighted by atomic mass is 10.1. The van der Waals surface area contributed by atoms with Gasteiger partial charge in [-0.15, -0.1) is 0 Å². The number of benzene rings is 2. The van der Waals surface area contributed by atoms with E-state index in [1.54, 1.807) is 19.1 Å². The Balaban J connectivity index is 1.51. The van der Waals surface area contributed by atoms with E-state index in [1.807, 2.05) is 31.2 Å². The second-order valence-electron chi connectivity index (χ2n) is 7.29. The highest BCUT2D eigenvalue weighted by molar-refractivity contribution is 6.04. The van der Waals surface area contributed by atoms with Crippen molar-refractivity contribution >= 4 is 23.0 Å². The minimum absolute atomic E-state index is 0.153. The van der Waals surface area contributed by atoms with Gasteiger partial charge in [0.15, 0.2) is 6.61 Å². The molecule has 0 bridgehead atoms. The summed E-state index contributed by atoms with van der Waals surface area (Å²) in [4.78, 5) is 29.4. The number of nitrogens with one attached hydrogen (secondary N) is 1. The lowest BCUT2D eigenvalue weighted by molar-refractivity contribution is -0.124. The monoisotopic (exact) mass is 433 g/mol. The molecule has 0 unspecified atom stereocenters. The third-order valence-corrected chi connectivity index (χ3v) is 5.05. The fourth-order valence-corrected chi connectivity index (χ4v) is 3.29. The molecule has 0 fully saturated rings. The highest BCUT2D eigenvalue weighted by Crippen LogP contribution is 2.27. The minimum atomic E-state index is -0.710. The zero-order valence-corrected chi connectivity index (χ0v) is 17.5. The number of nitrogens with zero attached hydrogens (tertiary/aromatic N) is 2. The van der Waals surface area contributed by atoms with Crippen LogP contribution >= 0.6 is 0 Å². The van der Waals surface area contributed by atoms with Gasteiger partial charge in [-0.3, -0.25) is 4.79 Å². The van der Waals surface area contributed by atoms with Crippen LogP contribution in [0.3, 0.4) is 0 Å². The summed E-state index contributed by atoms with van der Waals surface area (Å²) in [5.41, 5.74) is 3.80. The van der Waals surface area contributed by atoms with Crippen LogP contribution < -0.4 is 5.32 Å². The molecule has 0 spiro atoms. The van der Waals surface area contributed by atoms with Crippen LogP contribution in [0.25, 0.3) is 22.4 Å². The van der Waals surface area contributed by atoms with Gasteiger partial charge in [0, 0.05) is 12.1 Å². The van der Waals surface area contributed by atoms with Crippen LogP contribution in [0.1, 0.15) is 27.2 Å². The largest absolute Gasteiger partial charge is 0.452 e. The molecule has 0 aliphatic heterocycles. The zero-order valence-electron chi connectivity index (χ0n) is 17.5. The molecule has 0 atom stereocenters. The molecule has 7 nitrogen and oxygen atoms in total. The Morgan fingerprint density at radius 3 is 2.59 bits per heavy atom. The second-order valence-corrected chi connectivity index (χ2v) is 7.29. The highest BCUT2D eigenvalue weighted by Gasteiger charge is 2.21. The van der Waals surface area contributed by atoms with E-state index in [0.29, 0.717) is 28.9 Å². The minimum Gasteiger partial charge on any atom is -0.452 e. The van der Waals surface area contributed by atoms with E-state index >= 15 is 0 Å². The van der Waals surface area contributed by atoms with E-state index in [9.17, 15) is 14.0 Å². The normalized spacial score (nSPS) is 10.8. The van der Waals surface area contributed by atoms with Gasteiger partial charge >= 0.3 is 5.97 Å². The number of aromatic nitrogens is 2. The Bertz CT molecular complexity index is 1300. The maximum absolute atomic E-state index is 13.3. The van der Waals surface area contributed by atoms with Crippen molar-refractivity contribution in [3.8, 4) is 11.3 Å². The third-order valence-electron chi connectivity index (χ3n) is 5.05. The summed E-state index contributed by atoms with van der Waals surface area (Å²) in [6.45, 7) is 3.53. The molecule has 8 heteroatoms. The molecular weight excluding hydrogens is 413 g/mol. The smallest absolute Gasteiger partial charge is 0.339 e. The molecule has 4 rings (SSSR count). The van der Waals surface area contributed by atoms with Crippen molar-refractivity contribution < 1.29 is 23.2 Å². The number of carbonyl (C=O) groups excluding carboxylic acids is 2. The summed E-state index contributed by atoms with van der Waals surface area (Å²) < 4.78 is 23.7. The third kappa shape index (κ3) is 4.49. The number of esters is 1. The molecule has 0 aliphatic rings. The van der Waals surface area contributed by atoms with E-state index in [0.717, 1.165) is 11.1 Å². The van der Waals surface area contributed by atoms with E-state index in [4.69, 9.17) is 9.26 Å². The number of hydrogen-bond donors (Lipinski definition) is 1. The first-order chi connectivity index (χ1) is 15.4. The summed E-state index contributed by atoms with van der Waals surface area (Å²) in [6.07, 6.45) is 0. The molecule has 32 heavy (non-hydrogen) atoms. The van der Waals surface area contributed by atoms with Crippen LogP contribution in [0.5, 0.6) is 0 Å². The molecule has 2 aromatic carbocycles. The van der Waals surface area contributed by atoms with Crippen LogP contribution in [0.2, 0.25) is 0 Å². The van der Waals surface area contributed by atoms with Crippen molar-refractivity contribution in [1.82, 2.24) is 15.5 Å². The predicted octanol–water partition coefficient (Wildman–Crippen LogP) is 4.12. The molecular formula is C24H20FN3O4. The fourth-order valence-electron chi connectivity index (χ4n) is 3.29. The number of pyridine rings is 1. The molecule has 0 saturated heterocycles. The van der Waals surface area contributed by atoms with Gasteiger partial charge in [0.25, 0.3) is 11.6 Å². The van der Waals surface area contributed by atoms with Gasteiger partial charge in [-0.25, -0.2) is 14.2 Å². The number of carbonyl (C=O) groups is 2. The summed E-state index contributed by atoms with van der Waals surface area (Å²) in [6, 6.07) is 14.9. The van der Waals surface area contributed by atoms with Gasteiger partial charge in [0.1, 0.15) is 5.82 Å². The molecule has 1 amide bonds. The highest BCUT2D eigenvalue weighted by atomic mass is 19.1. The maximum atomic E-state index is 13.3. The summed E-state index contributed by atoms with van der Waals surface area (Å²) in [5.74, 6) is -1.52. The number of amides is 1. The number of hydrogen-bond acceptors (Lipinski definition) is 6. The summed E-state index contributed by atoms with van der Waals surface area (Å²) in [5, 5.41) is 7.01. The Hall–Kier alpha value is -4.07. The Kier molecular flexibility index (Phi) is 5.93. The van der Waals surface area contributed by atoms with E-state index in [2.05, 4.69) is 15.5 Å². The average Bonchev–Trinajstić information content (AvgIpc) is 3.17. The molecule has 2 aromatic heterocycles. The molecule has 2 heterocycles. The Morgan fingerprint density at radius 2 is 1.84 bits per heavy atom. The van der Waals surface area contributed by atoms with Crippen molar-refractivity contribution in [1.29, 1.82) is 0 Å². The van der Waals surface area contributed by atoms with E-state index in [-0.39, 0.29) is 17.1 Å². The summed E-state index contributed by atoms with van der Waals surface area (Å²) >= 11 is 0. The lowest BCUT2D eigenvalue weighted by Gasteiger charge is -2.10. The van der Waals surface area contributed by atoms with Crippen molar-refractivity contribution in [3.05, 3.63) is 82.8 Å². The molecule has 0 saturated carbocycles. The van der Waals surface area contributed by atoms with Gasteiger partial charge in [-0.1, -0.05) is 29.4 Å². The van der Waals surface area contributed by atoms with Gasteiger partial charge < -0.3 is 14.6 Å². The first kappa shape index (κ1) is 21.2. The molecule has 0 radical (unpaired) electrons. The van der Waals surface area contributed by atoms with Crippen molar-refractivity contribution in [2.45, 2.75) is 20.4 Å². The van der Waals surface area contributed by atoms with E-state index < -0.39 is 18.5 Å². The van der Waals surface area contributed by atoms with Crippen LogP contribution in [0, 0.1) is 19.7 Å². The van der Waals surface area contributed by atoms with Crippen molar-refractivity contribution in [2.75, 3.05) is 6.61 Å². The molecule has 1 N–H and O–H groups in total. The Labute approximate surface area is 183 Å². The number of ether oxygens (including phenoxy) is 1. The first-order valence-electron chi connectivity index (χ1n) is 9.93. The standard InChI is InChI=1S/C24H20FN3O4/c1-14-5-3-4-6-17(14)12-26-21(29)13-31-24(30)19-11-20(16-7-9-18(25)10-8-16)27-23-22(19)15(2)28-32-23/h3-11H,12-13H2,1-2H3,(H,26,29). The van der Waals surface area contributed by atoms with Gasteiger partial charge in [-0.2, -0.15) is 0 Å². The predicted molar refractivity (Wildman–Crippen MR) is 115 cm³/mol. The number of halogens is 1. The van der Waals surface area contributed by atoms with Crippen LogP contribution in [-0.2, 0) is 16.1 Å². The number of rotatable bonds is 6. The lowest BCUT2D eigenvalue weighted by Crippen LogP contribution is -2.28. The van der Waals surface area contributed by atoms with E-state index in [1.165, 1.54) is 18.2 Å². The number of fused-ring (bicyclic) bond motifs is 1. The maximum Gasteiger partial charge on any atom is 0.339 e. The topological polar surface area (TPSA) is 94.3 Å². The van der Waals surface area contributed by atoms with Crippen molar-refractivity contribution in [2.24, 2.45) is 0 Å². The average molecular weight is 433 g/mol. The van der Waals surface area contributed by atoms with Crippen LogP contribution in [-0.4, -0.2) is 28.6 Å². The van der Waals surface area contributed by atoms with Gasteiger partial charge in [0.05, 0.1) is 22.3 Å². The molecule has 4 aromatic rings. The quantitative estimate of drug-likeness (QED) is 0.460. The Morgan fingerprint density at radius 1 is 1.09 bits per heavy atom.